The van der Waals surface area contributed by atoms with E-state index in [9.17, 15) is 0 Å². The fourth-order valence-corrected chi connectivity index (χ4v) is 3.20. The normalized spacial score (nSPS) is 15.1. The van der Waals surface area contributed by atoms with E-state index in [1.807, 2.05) is 24.3 Å². The number of nitrogens with one attached hydrogen (secondary N) is 2. The van der Waals surface area contributed by atoms with Crippen LogP contribution in [0.4, 0.5) is 5.82 Å². The maximum atomic E-state index is 4.92. The highest BCUT2D eigenvalue weighted by Crippen LogP contribution is 2.07. The Balaban J connectivity index is 0.00000300. The van der Waals surface area contributed by atoms with Gasteiger partial charge >= 0.3 is 0 Å². The van der Waals surface area contributed by atoms with Crippen molar-refractivity contribution in [2.75, 3.05) is 51.1 Å². The number of hydrogen-bond acceptors (Lipinski definition) is 6. The Kier molecular flexibility index (Phi) is 10.8. The van der Waals surface area contributed by atoms with Crippen LogP contribution in [0.3, 0.4) is 0 Å². The molecule has 1 aliphatic rings. The summed E-state index contributed by atoms with van der Waals surface area (Å²) in [5.74, 6) is 1.96. The van der Waals surface area contributed by atoms with Crippen LogP contribution >= 0.6 is 24.0 Å². The molecule has 0 atom stereocenters. The Hall–Kier alpha value is -1.88. The highest BCUT2D eigenvalue weighted by Gasteiger charge is 2.20. The molecule has 8 nitrogen and oxygen atoms in total. The lowest BCUT2D eigenvalue weighted by Gasteiger charge is -2.36. The first-order valence-electron chi connectivity index (χ1n) is 10.1. The van der Waals surface area contributed by atoms with Crippen molar-refractivity contribution in [3.05, 3.63) is 42.4 Å². The van der Waals surface area contributed by atoms with E-state index in [1.54, 1.807) is 12.5 Å². The Morgan fingerprint density at radius 3 is 2.72 bits per heavy atom. The number of pyridine rings is 1. The summed E-state index contributed by atoms with van der Waals surface area (Å²) in [5.41, 5.74) is 0.994. The average Bonchev–Trinajstić information content (AvgIpc) is 3.24. The second-order valence-corrected chi connectivity index (χ2v) is 6.84. The van der Waals surface area contributed by atoms with Crippen molar-refractivity contribution in [2.24, 2.45) is 4.99 Å². The first-order chi connectivity index (χ1) is 13.8. The van der Waals surface area contributed by atoms with E-state index in [0.717, 1.165) is 82.7 Å². The molecule has 2 aromatic rings. The van der Waals surface area contributed by atoms with Crippen LogP contribution in [0.2, 0.25) is 0 Å². The van der Waals surface area contributed by atoms with Gasteiger partial charge in [0.1, 0.15) is 12.1 Å². The molecule has 1 saturated heterocycles. The van der Waals surface area contributed by atoms with Gasteiger partial charge in [-0.25, -0.2) is 4.98 Å². The molecule has 0 unspecified atom stereocenters. The van der Waals surface area contributed by atoms with Gasteiger partial charge in [0.2, 0.25) is 0 Å². The van der Waals surface area contributed by atoms with Crippen molar-refractivity contribution in [3.8, 4) is 0 Å². The molecule has 0 bridgehead atoms. The number of unbranched alkanes of at least 4 members (excludes halogenated alkanes) is 1. The molecule has 3 heterocycles. The number of guanidine groups is 1. The van der Waals surface area contributed by atoms with Crippen LogP contribution in [0.5, 0.6) is 0 Å². The summed E-state index contributed by atoms with van der Waals surface area (Å²) in [5, 5.41) is 10.8. The number of anilines is 1. The number of aliphatic imine (C=N–C) groups is 1. The third kappa shape index (κ3) is 8.17. The standard InChI is InChI=1S/C20H31N7O.HI/c1-2-21-20(24-11-6-5-10-23-19-7-3-4-9-22-19)27-14-12-26(13-15-27)17-18-8-16-28-25-18;/h3-4,7-9,16H,2,5-6,10-15,17H2,1H3,(H,21,24)(H,22,23);1H. The highest BCUT2D eigenvalue weighted by atomic mass is 127. The fourth-order valence-electron chi connectivity index (χ4n) is 3.20. The van der Waals surface area contributed by atoms with Crippen LogP contribution in [-0.4, -0.2) is 71.7 Å². The summed E-state index contributed by atoms with van der Waals surface area (Å²) in [7, 11) is 0. The molecule has 0 aromatic carbocycles. The van der Waals surface area contributed by atoms with Crippen molar-refractivity contribution in [3.63, 3.8) is 0 Å². The van der Waals surface area contributed by atoms with E-state index < -0.39 is 0 Å². The number of aromatic nitrogens is 2. The van der Waals surface area contributed by atoms with E-state index in [-0.39, 0.29) is 24.0 Å². The lowest BCUT2D eigenvalue weighted by Crippen LogP contribution is -2.52. The predicted molar refractivity (Wildman–Crippen MR) is 127 cm³/mol. The van der Waals surface area contributed by atoms with Crippen LogP contribution in [-0.2, 0) is 6.54 Å². The quantitative estimate of drug-likeness (QED) is 0.231. The highest BCUT2D eigenvalue weighted by molar-refractivity contribution is 14.0. The third-order valence-corrected chi connectivity index (χ3v) is 4.70. The SMILES string of the molecule is CCNC(=NCCCCNc1ccccn1)N1CCN(Cc2ccon2)CC1.I. The van der Waals surface area contributed by atoms with Crippen LogP contribution in [0.25, 0.3) is 0 Å². The van der Waals surface area contributed by atoms with Gasteiger partial charge in [-0.2, -0.15) is 0 Å². The minimum absolute atomic E-state index is 0. The first kappa shape index (κ1) is 23.4. The van der Waals surface area contributed by atoms with Gasteiger partial charge in [0, 0.05) is 64.6 Å². The van der Waals surface area contributed by atoms with Crippen LogP contribution < -0.4 is 10.6 Å². The maximum absolute atomic E-state index is 4.92. The Bertz CT molecular complexity index is 688. The van der Waals surface area contributed by atoms with E-state index in [4.69, 9.17) is 9.52 Å². The number of nitrogens with zero attached hydrogens (tertiary/aromatic N) is 5. The van der Waals surface area contributed by atoms with Crippen molar-refractivity contribution in [2.45, 2.75) is 26.3 Å². The molecule has 29 heavy (non-hydrogen) atoms. The monoisotopic (exact) mass is 513 g/mol. The lowest BCUT2D eigenvalue weighted by molar-refractivity contribution is 0.169. The minimum Gasteiger partial charge on any atom is -0.370 e. The molecule has 2 N–H and O–H groups in total. The average molecular weight is 513 g/mol. The molecule has 1 fully saturated rings. The first-order valence-corrected chi connectivity index (χ1v) is 10.1. The second kappa shape index (κ2) is 13.4. The Labute approximate surface area is 190 Å². The van der Waals surface area contributed by atoms with Gasteiger partial charge in [-0.05, 0) is 31.9 Å². The molecule has 0 spiro atoms. The number of halogens is 1. The summed E-state index contributed by atoms with van der Waals surface area (Å²) in [6.45, 7) is 9.58. The van der Waals surface area contributed by atoms with Crippen molar-refractivity contribution in [1.29, 1.82) is 0 Å². The number of piperazine rings is 1. The van der Waals surface area contributed by atoms with Crippen LogP contribution in [0, 0.1) is 0 Å². The predicted octanol–water partition coefficient (Wildman–Crippen LogP) is 2.66. The van der Waals surface area contributed by atoms with Crippen molar-refractivity contribution in [1.82, 2.24) is 25.3 Å². The maximum Gasteiger partial charge on any atom is 0.194 e. The summed E-state index contributed by atoms with van der Waals surface area (Å²) in [6.07, 6.45) is 5.57. The molecule has 0 saturated carbocycles. The molecular weight excluding hydrogens is 481 g/mol. The third-order valence-electron chi connectivity index (χ3n) is 4.70. The summed E-state index contributed by atoms with van der Waals surface area (Å²) >= 11 is 0. The van der Waals surface area contributed by atoms with E-state index in [0.29, 0.717) is 0 Å². The molecule has 0 aliphatic carbocycles. The molecule has 1 aliphatic heterocycles. The largest absolute Gasteiger partial charge is 0.370 e. The summed E-state index contributed by atoms with van der Waals surface area (Å²) in [4.78, 5) is 13.9. The van der Waals surface area contributed by atoms with Gasteiger partial charge < -0.3 is 20.1 Å². The Morgan fingerprint density at radius 2 is 2.03 bits per heavy atom. The second-order valence-electron chi connectivity index (χ2n) is 6.84. The topological polar surface area (TPSA) is 81.8 Å². The summed E-state index contributed by atoms with van der Waals surface area (Å²) in [6, 6.07) is 7.84. The van der Waals surface area contributed by atoms with Gasteiger partial charge in [-0.1, -0.05) is 11.2 Å². The fraction of sp³-hybridized carbons (Fsp3) is 0.550. The molecule has 2 aromatic heterocycles. The molecule has 9 heteroatoms. The van der Waals surface area contributed by atoms with Gasteiger partial charge in [0.05, 0.1) is 5.69 Å². The van der Waals surface area contributed by atoms with E-state index in [1.165, 1.54) is 0 Å². The van der Waals surface area contributed by atoms with E-state index in [2.05, 4.69) is 37.5 Å². The van der Waals surface area contributed by atoms with Gasteiger partial charge in [0.25, 0.3) is 0 Å². The number of rotatable bonds is 9. The van der Waals surface area contributed by atoms with Gasteiger partial charge in [-0.3, -0.25) is 9.89 Å². The zero-order chi connectivity index (χ0) is 19.4. The molecule has 0 amide bonds. The smallest absolute Gasteiger partial charge is 0.194 e. The molecule has 160 valence electrons. The van der Waals surface area contributed by atoms with Crippen LogP contribution in [0.1, 0.15) is 25.5 Å². The molecule has 3 rings (SSSR count). The zero-order valence-electron chi connectivity index (χ0n) is 17.1. The zero-order valence-corrected chi connectivity index (χ0v) is 19.4. The molecular formula is C20H32IN7O. The summed E-state index contributed by atoms with van der Waals surface area (Å²) < 4.78 is 4.92. The minimum atomic E-state index is 0. The van der Waals surface area contributed by atoms with Crippen molar-refractivity contribution >= 4 is 35.8 Å². The van der Waals surface area contributed by atoms with Gasteiger partial charge in [-0.15, -0.1) is 24.0 Å². The Morgan fingerprint density at radius 1 is 1.17 bits per heavy atom. The van der Waals surface area contributed by atoms with Crippen LogP contribution in [0.15, 0.2) is 46.2 Å². The van der Waals surface area contributed by atoms with Crippen molar-refractivity contribution < 1.29 is 4.52 Å². The molecule has 0 radical (unpaired) electrons. The van der Waals surface area contributed by atoms with E-state index >= 15 is 0 Å². The lowest BCUT2D eigenvalue weighted by atomic mass is 10.3. The number of hydrogen-bond donors (Lipinski definition) is 2. The van der Waals surface area contributed by atoms with Gasteiger partial charge in [0.15, 0.2) is 5.96 Å².